The standard InChI is InChI=1S/C24H28N4O4S2/c1-17(2)11-28(12-21-10-25-15-34-21)23(30)22(9-20-14-33-16-26-20)27-24(31)32-13-19-5-3-4-18(8-19)6-7-29/h3-8,10,14-17,22,29H,9,11-13H2,1-2H3,(H,27,31)/b7-6-/t22-/m0/s1. The minimum Gasteiger partial charge on any atom is -0.516 e. The lowest BCUT2D eigenvalue weighted by Gasteiger charge is -2.28. The molecule has 0 saturated heterocycles. The normalized spacial score (nSPS) is 12.1. The Balaban J connectivity index is 1.70. The van der Waals surface area contributed by atoms with Gasteiger partial charge in [-0.1, -0.05) is 32.0 Å². The summed E-state index contributed by atoms with van der Waals surface area (Å²) in [4.78, 5) is 37.3. The van der Waals surface area contributed by atoms with Gasteiger partial charge in [0.2, 0.25) is 5.91 Å². The summed E-state index contributed by atoms with van der Waals surface area (Å²) in [5, 5.41) is 13.6. The van der Waals surface area contributed by atoms with Gasteiger partial charge in [0.15, 0.2) is 0 Å². The first-order valence-electron chi connectivity index (χ1n) is 10.8. The molecule has 0 aliphatic heterocycles. The van der Waals surface area contributed by atoms with E-state index in [0.29, 0.717) is 13.1 Å². The fraction of sp³-hybridized carbons (Fsp3) is 0.333. The highest BCUT2D eigenvalue weighted by molar-refractivity contribution is 7.09. The first kappa shape index (κ1) is 25.4. The topological polar surface area (TPSA) is 105 Å². The summed E-state index contributed by atoms with van der Waals surface area (Å²) in [6.45, 7) is 5.10. The van der Waals surface area contributed by atoms with Gasteiger partial charge < -0.3 is 20.1 Å². The van der Waals surface area contributed by atoms with Crippen molar-refractivity contribution < 1.29 is 19.4 Å². The molecule has 0 spiro atoms. The second kappa shape index (κ2) is 12.9. The summed E-state index contributed by atoms with van der Waals surface area (Å²) in [6, 6.07) is 6.44. The number of hydrogen-bond acceptors (Lipinski definition) is 8. The molecular weight excluding hydrogens is 472 g/mol. The van der Waals surface area contributed by atoms with E-state index >= 15 is 0 Å². The van der Waals surface area contributed by atoms with Crippen LogP contribution in [0.1, 0.15) is 35.5 Å². The highest BCUT2D eigenvalue weighted by Gasteiger charge is 2.28. The van der Waals surface area contributed by atoms with Crippen molar-refractivity contribution in [2.24, 2.45) is 5.92 Å². The smallest absolute Gasteiger partial charge is 0.408 e. The Bertz CT molecular complexity index is 1070. The van der Waals surface area contributed by atoms with Crippen LogP contribution in [-0.4, -0.2) is 44.6 Å². The molecule has 180 valence electrons. The van der Waals surface area contributed by atoms with Gasteiger partial charge in [0.05, 0.1) is 29.5 Å². The Morgan fingerprint density at radius 2 is 2.15 bits per heavy atom. The molecule has 34 heavy (non-hydrogen) atoms. The molecule has 2 aromatic heterocycles. The van der Waals surface area contributed by atoms with Crippen molar-refractivity contribution in [3.63, 3.8) is 0 Å². The van der Waals surface area contributed by atoms with Crippen molar-refractivity contribution in [2.45, 2.75) is 39.5 Å². The maximum Gasteiger partial charge on any atom is 0.408 e. The molecule has 0 radical (unpaired) electrons. The van der Waals surface area contributed by atoms with Crippen LogP contribution in [0.15, 0.2) is 53.1 Å². The summed E-state index contributed by atoms with van der Waals surface area (Å²) >= 11 is 2.93. The molecular formula is C24H28N4O4S2. The third kappa shape index (κ3) is 7.96. The van der Waals surface area contributed by atoms with Gasteiger partial charge in [-0.3, -0.25) is 9.78 Å². The summed E-state index contributed by atoms with van der Waals surface area (Å²) in [5.41, 5.74) is 5.72. The van der Waals surface area contributed by atoms with Gasteiger partial charge >= 0.3 is 6.09 Å². The minimum atomic E-state index is -0.815. The number of carbonyl (C=O) groups excluding carboxylic acids is 2. The lowest BCUT2D eigenvalue weighted by molar-refractivity contribution is -0.134. The lowest BCUT2D eigenvalue weighted by Crippen LogP contribution is -2.50. The van der Waals surface area contributed by atoms with Crippen LogP contribution in [-0.2, 0) is 29.1 Å². The van der Waals surface area contributed by atoms with E-state index in [4.69, 9.17) is 9.84 Å². The maximum atomic E-state index is 13.5. The number of alkyl carbamates (subject to hydrolysis) is 1. The minimum absolute atomic E-state index is 0.0348. The van der Waals surface area contributed by atoms with Crippen molar-refractivity contribution >= 4 is 40.8 Å². The molecule has 0 fully saturated rings. The van der Waals surface area contributed by atoms with E-state index in [-0.39, 0.29) is 24.9 Å². The maximum absolute atomic E-state index is 13.5. The zero-order chi connectivity index (χ0) is 24.3. The summed E-state index contributed by atoms with van der Waals surface area (Å²) < 4.78 is 5.39. The van der Waals surface area contributed by atoms with Gasteiger partial charge in [0.25, 0.3) is 0 Å². The molecule has 2 heterocycles. The highest BCUT2D eigenvalue weighted by atomic mass is 32.1. The number of hydrogen-bond donors (Lipinski definition) is 2. The Labute approximate surface area is 206 Å². The van der Waals surface area contributed by atoms with Crippen LogP contribution in [0, 0.1) is 5.92 Å². The Hall–Kier alpha value is -3.24. The van der Waals surface area contributed by atoms with Gasteiger partial charge in [-0.05, 0) is 29.2 Å². The predicted octanol–water partition coefficient (Wildman–Crippen LogP) is 4.65. The van der Waals surface area contributed by atoms with Crippen molar-refractivity contribution in [2.75, 3.05) is 6.54 Å². The molecule has 8 nitrogen and oxygen atoms in total. The first-order valence-corrected chi connectivity index (χ1v) is 12.6. The molecule has 2 amide bonds. The van der Waals surface area contributed by atoms with Crippen molar-refractivity contribution in [3.8, 4) is 0 Å². The van der Waals surface area contributed by atoms with E-state index in [1.165, 1.54) is 22.7 Å². The average molecular weight is 501 g/mol. The Morgan fingerprint density at radius 1 is 1.29 bits per heavy atom. The lowest BCUT2D eigenvalue weighted by atomic mass is 10.1. The largest absolute Gasteiger partial charge is 0.516 e. The molecule has 1 aromatic carbocycles. The van der Waals surface area contributed by atoms with Gasteiger partial charge in [0, 0.05) is 29.4 Å². The number of aromatic nitrogens is 2. The molecule has 3 rings (SSSR count). The zero-order valence-electron chi connectivity index (χ0n) is 19.1. The van der Waals surface area contributed by atoms with E-state index in [2.05, 4.69) is 15.3 Å². The molecule has 10 heteroatoms. The monoisotopic (exact) mass is 500 g/mol. The quantitative estimate of drug-likeness (QED) is 0.371. The van der Waals surface area contributed by atoms with Crippen LogP contribution >= 0.6 is 22.7 Å². The van der Waals surface area contributed by atoms with Gasteiger partial charge in [-0.25, -0.2) is 9.78 Å². The van der Waals surface area contributed by atoms with E-state index in [1.807, 2.05) is 37.4 Å². The van der Waals surface area contributed by atoms with E-state index in [9.17, 15) is 9.59 Å². The molecule has 0 saturated carbocycles. The molecule has 2 N–H and O–H groups in total. The van der Waals surface area contributed by atoms with Crippen LogP contribution in [0.2, 0.25) is 0 Å². The van der Waals surface area contributed by atoms with E-state index in [1.54, 1.807) is 34.3 Å². The number of amides is 2. The molecule has 0 bridgehead atoms. The number of thiazole rings is 2. The number of nitrogens with one attached hydrogen (secondary N) is 1. The van der Waals surface area contributed by atoms with Crippen molar-refractivity contribution in [1.82, 2.24) is 20.2 Å². The predicted molar refractivity (Wildman–Crippen MR) is 133 cm³/mol. The first-order chi connectivity index (χ1) is 16.4. The molecule has 0 aliphatic rings. The van der Waals surface area contributed by atoms with Crippen LogP contribution in [0.3, 0.4) is 0 Å². The van der Waals surface area contributed by atoms with Gasteiger partial charge in [0.1, 0.15) is 12.6 Å². The fourth-order valence-electron chi connectivity index (χ4n) is 3.35. The van der Waals surface area contributed by atoms with Crippen LogP contribution in [0.25, 0.3) is 6.08 Å². The summed E-state index contributed by atoms with van der Waals surface area (Å²) in [7, 11) is 0. The van der Waals surface area contributed by atoms with Crippen LogP contribution in [0.4, 0.5) is 4.79 Å². The number of nitrogens with zero attached hydrogens (tertiary/aromatic N) is 3. The summed E-state index contributed by atoms with van der Waals surface area (Å²) in [5.74, 6) is 0.0612. The van der Waals surface area contributed by atoms with Crippen LogP contribution in [0.5, 0.6) is 0 Å². The van der Waals surface area contributed by atoms with Gasteiger partial charge in [-0.15, -0.1) is 22.7 Å². The second-order valence-electron chi connectivity index (χ2n) is 8.10. The van der Waals surface area contributed by atoms with Gasteiger partial charge in [-0.2, -0.15) is 0 Å². The number of carbonyl (C=O) groups is 2. The average Bonchev–Trinajstić information content (AvgIpc) is 3.51. The number of rotatable bonds is 11. The van der Waals surface area contributed by atoms with Crippen molar-refractivity contribution in [1.29, 1.82) is 0 Å². The molecule has 0 aliphatic carbocycles. The van der Waals surface area contributed by atoms with E-state index < -0.39 is 12.1 Å². The zero-order valence-corrected chi connectivity index (χ0v) is 20.7. The third-order valence-corrected chi connectivity index (χ3v) is 6.20. The number of aliphatic hydroxyl groups is 1. The number of benzene rings is 1. The number of aliphatic hydroxyl groups excluding tert-OH is 1. The van der Waals surface area contributed by atoms with E-state index in [0.717, 1.165) is 28.0 Å². The molecule has 3 aromatic rings. The SMILES string of the molecule is CC(C)CN(Cc1cncs1)C(=O)[C@H](Cc1cscn1)NC(=O)OCc1cccc(/C=C\O)c1. The highest BCUT2D eigenvalue weighted by Crippen LogP contribution is 2.15. The Kier molecular flexibility index (Phi) is 9.60. The second-order valence-corrected chi connectivity index (χ2v) is 9.79. The summed E-state index contributed by atoms with van der Waals surface area (Å²) in [6.07, 6.45) is 3.84. The fourth-order valence-corrected chi connectivity index (χ4v) is 4.54. The number of ether oxygens (including phenoxy) is 1. The third-order valence-electron chi connectivity index (χ3n) is 4.80. The van der Waals surface area contributed by atoms with Crippen molar-refractivity contribution in [3.05, 3.63) is 74.8 Å². The Morgan fingerprint density at radius 3 is 2.82 bits per heavy atom. The molecule has 1 atom stereocenters. The van der Waals surface area contributed by atoms with Crippen LogP contribution < -0.4 is 5.32 Å². The molecule has 0 unspecified atom stereocenters.